The van der Waals surface area contributed by atoms with E-state index < -0.39 is 0 Å². The molecule has 2 aromatic carbocycles. The highest BCUT2D eigenvalue weighted by Gasteiger charge is 2.21. The van der Waals surface area contributed by atoms with E-state index in [-0.39, 0.29) is 42.7 Å². The monoisotopic (exact) mass is 383 g/mol. The van der Waals surface area contributed by atoms with Gasteiger partial charge in [-0.1, -0.05) is 55.5 Å². The predicted molar refractivity (Wildman–Crippen MR) is 110 cm³/mol. The molecule has 2 rings (SSSR count). The van der Waals surface area contributed by atoms with E-state index in [0.29, 0.717) is 6.54 Å². The average Bonchev–Trinajstić information content (AvgIpc) is 2.61. The highest BCUT2D eigenvalue weighted by molar-refractivity contribution is 5.85. The summed E-state index contributed by atoms with van der Waals surface area (Å²) in [5.74, 6) is -0.249. The minimum atomic E-state index is -0.279. The summed E-state index contributed by atoms with van der Waals surface area (Å²) in [6, 6.07) is 19.5. The molecule has 0 radical (unpaired) electrons. The van der Waals surface area contributed by atoms with Crippen LogP contribution in [0.4, 0.5) is 5.69 Å². The van der Waals surface area contributed by atoms with Crippen molar-refractivity contribution in [1.29, 1.82) is 0 Å². The Morgan fingerprint density at radius 3 is 2.12 bits per heavy atom. The summed E-state index contributed by atoms with van der Waals surface area (Å²) in [5.41, 5.74) is 8.26. The number of nitrogens with two attached hydrogens (primary N) is 1. The molecular weight excluding hydrogens is 357 g/mol. The fourth-order valence-electron chi connectivity index (χ4n) is 2.38. The third kappa shape index (κ3) is 7.78. The molecule has 2 unspecified atom stereocenters. The van der Waals surface area contributed by atoms with Gasteiger partial charge in [-0.05, 0) is 24.1 Å². The lowest BCUT2D eigenvalue weighted by molar-refractivity contribution is -0.125. The van der Waals surface area contributed by atoms with Crippen LogP contribution in [0.15, 0.2) is 60.7 Å². The summed E-state index contributed by atoms with van der Waals surface area (Å²) in [6.07, 6.45) is 0.869. The molecule has 1 amide bonds. The number of para-hydroxylation sites is 1. The van der Waals surface area contributed by atoms with Gasteiger partial charge in [-0.2, -0.15) is 0 Å². The van der Waals surface area contributed by atoms with Crippen molar-refractivity contribution in [3.8, 4) is 0 Å². The first kappa shape index (κ1) is 23.2. The molecule has 0 bridgehead atoms. The van der Waals surface area contributed by atoms with E-state index in [2.05, 4.69) is 10.6 Å². The molecule has 0 spiro atoms. The van der Waals surface area contributed by atoms with Crippen molar-refractivity contribution >= 4 is 36.4 Å². The molecule has 25 heavy (non-hydrogen) atoms. The van der Waals surface area contributed by atoms with E-state index >= 15 is 0 Å². The van der Waals surface area contributed by atoms with Gasteiger partial charge >= 0.3 is 0 Å². The third-order valence-electron chi connectivity index (χ3n) is 3.89. The van der Waals surface area contributed by atoms with Crippen LogP contribution in [0.3, 0.4) is 0 Å². The van der Waals surface area contributed by atoms with Crippen LogP contribution in [0.1, 0.15) is 24.9 Å². The van der Waals surface area contributed by atoms with Crippen molar-refractivity contribution in [2.45, 2.75) is 19.4 Å². The highest BCUT2D eigenvalue weighted by Crippen LogP contribution is 2.18. The standard InChI is InChI=1S/C19H25N3O.2ClH/c1-15(18(20)16-9-4-2-5-10-16)19(23)22-14-8-13-21-17-11-6-3-7-12-17;;/h2-7,9-12,15,18,21H,8,13-14,20H2,1H3,(H,22,23);2*1H. The number of anilines is 1. The molecule has 0 aliphatic carbocycles. The summed E-state index contributed by atoms with van der Waals surface area (Å²) < 4.78 is 0. The molecule has 0 aliphatic heterocycles. The van der Waals surface area contributed by atoms with E-state index in [1.54, 1.807) is 0 Å². The molecule has 0 aliphatic rings. The van der Waals surface area contributed by atoms with Crippen LogP contribution in [0.25, 0.3) is 0 Å². The number of nitrogens with one attached hydrogen (secondary N) is 2. The maximum atomic E-state index is 12.2. The molecule has 0 fully saturated rings. The first-order valence-corrected chi connectivity index (χ1v) is 8.05. The van der Waals surface area contributed by atoms with Crippen molar-refractivity contribution < 1.29 is 4.79 Å². The predicted octanol–water partition coefficient (Wildman–Crippen LogP) is 3.78. The first-order chi connectivity index (χ1) is 11.2. The molecule has 6 heteroatoms. The minimum Gasteiger partial charge on any atom is -0.385 e. The van der Waals surface area contributed by atoms with Gasteiger partial charge in [-0.25, -0.2) is 0 Å². The van der Waals surface area contributed by atoms with Gasteiger partial charge in [0, 0.05) is 24.8 Å². The number of hydrogen-bond acceptors (Lipinski definition) is 3. The second-order valence-electron chi connectivity index (χ2n) is 5.66. The molecule has 4 N–H and O–H groups in total. The van der Waals surface area contributed by atoms with Crippen LogP contribution in [-0.2, 0) is 4.79 Å². The van der Waals surface area contributed by atoms with Crippen molar-refractivity contribution in [3.63, 3.8) is 0 Å². The fourth-order valence-corrected chi connectivity index (χ4v) is 2.38. The van der Waals surface area contributed by atoms with E-state index in [1.165, 1.54) is 0 Å². The molecule has 0 saturated carbocycles. The topological polar surface area (TPSA) is 67.2 Å². The van der Waals surface area contributed by atoms with E-state index in [0.717, 1.165) is 24.2 Å². The van der Waals surface area contributed by atoms with Gasteiger partial charge in [-0.3, -0.25) is 4.79 Å². The van der Waals surface area contributed by atoms with Crippen LogP contribution in [0.5, 0.6) is 0 Å². The lowest BCUT2D eigenvalue weighted by Crippen LogP contribution is -2.36. The van der Waals surface area contributed by atoms with Crippen LogP contribution >= 0.6 is 24.8 Å². The van der Waals surface area contributed by atoms with Crippen molar-refractivity contribution in [2.24, 2.45) is 11.7 Å². The average molecular weight is 384 g/mol. The summed E-state index contributed by atoms with van der Waals surface area (Å²) in [4.78, 5) is 12.2. The molecule has 4 nitrogen and oxygen atoms in total. The summed E-state index contributed by atoms with van der Waals surface area (Å²) in [6.45, 7) is 3.34. The largest absolute Gasteiger partial charge is 0.385 e. The lowest BCUT2D eigenvalue weighted by atomic mass is 9.95. The zero-order valence-electron chi connectivity index (χ0n) is 14.4. The number of hydrogen-bond donors (Lipinski definition) is 3. The highest BCUT2D eigenvalue weighted by atomic mass is 35.5. The molecule has 0 saturated heterocycles. The van der Waals surface area contributed by atoms with Gasteiger partial charge in [0.25, 0.3) is 0 Å². The Labute approximate surface area is 162 Å². The Balaban J connectivity index is 0.00000288. The van der Waals surface area contributed by atoms with Gasteiger partial charge < -0.3 is 16.4 Å². The molecule has 0 aromatic heterocycles. The van der Waals surface area contributed by atoms with Crippen molar-refractivity contribution in [2.75, 3.05) is 18.4 Å². The summed E-state index contributed by atoms with van der Waals surface area (Å²) in [5, 5.41) is 6.28. The van der Waals surface area contributed by atoms with Crippen LogP contribution < -0.4 is 16.4 Å². The lowest BCUT2D eigenvalue weighted by Gasteiger charge is -2.19. The molecule has 0 heterocycles. The number of carbonyl (C=O) groups excluding carboxylic acids is 1. The van der Waals surface area contributed by atoms with Gasteiger partial charge in [0.2, 0.25) is 5.91 Å². The van der Waals surface area contributed by atoms with Gasteiger partial charge in [0.1, 0.15) is 0 Å². The smallest absolute Gasteiger partial charge is 0.224 e. The molecular formula is C19H27Cl2N3O. The summed E-state index contributed by atoms with van der Waals surface area (Å²) >= 11 is 0. The Morgan fingerprint density at radius 2 is 1.52 bits per heavy atom. The van der Waals surface area contributed by atoms with Crippen LogP contribution in [0.2, 0.25) is 0 Å². The number of amides is 1. The van der Waals surface area contributed by atoms with E-state index in [9.17, 15) is 4.79 Å². The fraction of sp³-hybridized carbons (Fsp3) is 0.316. The second kappa shape index (κ2) is 12.6. The minimum absolute atomic E-state index is 0. The Kier molecular flexibility index (Phi) is 11.7. The zero-order chi connectivity index (χ0) is 16.5. The second-order valence-corrected chi connectivity index (χ2v) is 5.66. The number of carbonyl (C=O) groups is 1. The van der Waals surface area contributed by atoms with Gasteiger partial charge in [0.15, 0.2) is 0 Å². The molecule has 138 valence electrons. The Hall–Kier alpha value is -1.75. The molecule has 2 aromatic rings. The SMILES string of the molecule is CC(C(=O)NCCCNc1ccccc1)C(N)c1ccccc1.Cl.Cl. The van der Waals surface area contributed by atoms with Crippen molar-refractivity contribution in [1.82, 2.24) is 5.32 Å². The van der Waals surface area contributed by atoms with Gasteiger partial charge in [0.05, 0.1) is 5.92 Å². The normalized spacial score (nSPS) is 12.1. The number of benzene rings is 2. The van der Waals surface area contributed by atoms with Gasteiger partial charge in [-0.15, -0.1) is 24.8 Å². The molecule has 2 atom stereocenters. The van der Waals surface area contributed by atoms with Crippen molar-refractivity contribution in [3.05, 3.63) is 66.2 Å². The zero-order valence-corrected chi connectivity index (χ0v) is 16.0. The maximum absolute atomic E-state index is 12.2. The van der Waals surface area contributed by atoms with E-state index in [4.69, 9.17) is 5.73 Å². The Bertz CT molecular complexity index is 596. The quantitative estimate of drug-likeness (QED) is 0.607. The Morgan fingerprint density at radius 1 is 0.960 bits per heavy atom. The first-order valence-electron chi connectivity index (χ1n) is 8.05. The maximum Gasteiger partial charge on any atom is 0.224 e. The van der Waals surface area contributed by atoms with Crippen LogP contribution in [0, 0.1) is 5.92 Å². The summed E-state index contributed by atoms with van der Waals surface area (Å²) in [7, 11) is 0. The number of rotatable bonds is 8. The number of halogens is 2. The van der Waals surface area contributed by atoms with E-state index in [1.807, 2.05) is 67.6 Å². The van der Waals surface area contributed by atoms with Crippen LogP contribution in [-0.4, -0.2) is 19.0 Å². The third-order valence-corrected chi connectivity index (χ3v) is 3.89.